The molecule has 0 atom stereocenters. The molecule has 0 unspecified atom stereocenters. The molecule has 31 heavy (non-hydrogen) atoms. The van der Waals surface area contributed by atoms with Crippen LogP contribution < -0.4 is 14.4 Å². The van der Waals surface area contributed by atoms with Crippen molar-refractivity contribution in [3.05, 3.63) is 47.5 Å². The maximum Gasteiger partial charge on any atom is 0.260 e. The molecule has 168 valence electrons. The topological polar surface area (TPSA) is 54.9 Å². The Balaban J connectivity index is 0.00000341. The van der Waals surface area contributed by atoms with Gasteiger partial charge in [0.05, 0.1) is 18.9 Å². The molecule has 10 heteroatoms. The van der Waals surface area contributed by atoms with Crippen LogP contribution >= 0.6 is 23.7 Å². The van der Waals surface area contributed by atoms with Crippen LogP contribution in [0.25, 0.3) is 10.2 Å². The summed E-state index contributed by atoms with van der Waals surface area (Å²) in [5, 5.41) is 0.306. The van der Waals surface area contributed by atoms with Gasteiger partial charge in [-0.05, 0) is 45.3 Å². The number of hydrogen-bond acceptors (Lipinski definition) is 6. The smallest absolute Gasteiger partial charge is 0.260 e. The van der Waals surface area contributed by atoms with Gasteiger partial charge in [0.25, 0.3) is 5.91 Å². The van der Waals surface area contributed by atoms with Gasteiger partial charge in [-0.25, -0.2) is 13.8 Å². The summed E-state index contributed by atoms with van der Waals surface area (Å²) >= 11 is 1.07. The number of benzene rings is 2. The second-order valence-electron chi connectivity index (χ2n) is 6.95. The van der Waals surface area contributed by atoms with E-state index in [9.17, 15) is 13.6 Å². The minimum Gasteiger partial charge on any atom is -0.497 e. The van der Waals surface area contributed by atoms with E-state index in [0.717, 1.165) is 23.9 Å². The Morgan fingerprint density at radius 2 is 1.68 bits per heavy atom. The SMILES string of the molecule is COc1cc(OC)cc(C(=O)N(CCCN(C)C)c2nc3c(F)cc(F)cc3s2)c1.Cl. The predicted molar refractivity (Wildman–Crippen MR) is 121 cm³/mol. The minimum atomic E-state index is -0.753. The first kappa shape index (κ1) is 24.8. The van der Waals surface area contributed by atoms with E-state index in [0.29, 0.717) is 39.9 Å². The van der Waals surface area contributed by atoms with Crippen LogP contribution in [0.2, 0.25) is 0 Å². The quantitative estimate of drug-likeness (QED) is 0.480. The van der Waals surface area contributed by atoms with Gasteiger partial charge >= 0.3 is 0 Å². The number of carbonyl (C=O) groups excluding carboxylic acids is 1. The van der Waals surface area contributed by atoms with E-state index in [1.54, 1.807) is 18.2 Å². The Bertz CT molecular complexity index is 1040. The molecule has 2 aromatic carbocycles. The second kappa shape index (κ2) is 10.7. The number of aromatic nitrogens is 1. The van der Waals surface area contributed by atoms with E-state index < -0.39 is 11.6 Å². The lowest BCUT2D eigenvalue weighted by atomic mass is 10.1. The summed E-state index contributed by atoms with van der Waals surface area (Å²) in [6.45, 7) is 1.11. The lowest BCUT2D eigenvalue weighted by Crippen LogP contribution is -2.33. The van der Waals surface area contributed by atoms with Crippen LogP contribution in [0.15, 0.2) is 30.3 Å². The molecule has 0 aliphatic carbocycles. The number of anilines is 1. The van der Waals surface area contributed by atoms with E-state index in [-0.39, 0.29) is 23.8 Å². The van der Waals surface area contributed by atoms with E-state index in [4.69, 9.17) is 9.47 Å². The van der Waals surface area contributed by atoms with Crippen molar-refractivity contribution in [1.82, 2.24) is 9.88 Å². The Morgan fingerprint density at radius 1 is 1.03 bits per heavy atom. The standard InChI is InChI=1S/C21H23F2N3O3S.ClH/c1-25(2)6-5-7-26(20(27)13-8-15(28-3)12-16(9-13)29-4)21-24-19-17(23)10-14(22)11-18(19)30-21;/h8-12H,5-7H2,1-4H3;1H. The van der Waals surface area contributed by atoms with Gasteiger partial charge in [-0.1, -0.05) is 11.3 Å². The van der Waals surface area contributed by atoms with E-state index in [1.165, 1.54) is 25.2 Å². The Hall–Kier alpha value is -2.49. The first-order valence-corrected chi connectivity index (χ1v) is 10.1. The van der Waals surface area contributed by atoms with Gasteiger partial charge in [-0.15, -0.1) is 12.4 Å². The van der Waals surface area contributed by atoms with E-state index in [1.807, 2.05) is 19.0 Å². The number of methoxy groups -OCH3 is 2. The van der Waals surface area contributed by atoms with Gasteiger partial charge in [0, 0.05) is 24.2 Å². The highest BCUT2D eigenvalue weighted by atomic mass is 35.5. The molecule has 0 bridgehead atoms. The first-order valence-electron chi connectivity index (χ1n) is 9.27. The molecule has 0 radical (unpaired) electrons. The zero-order chi connectivity index (χ0) is 21.8. The summed E-state index contributed by atoms with van der Waals surface area (Å²) in [5.41, 5.74) is 0.395. The predicted octanol–water partition coefficient (Wildman–Crippen LogP) is 4.61. The molecule has 0 N–H and O–H groups in total. The number of ether oxygens (including phenoxy) is 2. The van der Waals surface area contributed by atoms with Crippen LogP contribution in [-0.2, 0) is 0 Å². The van der Waals surface area contributed by atoms with Gasteiger partial charge in [-0.3, -0.25) is 9.69 Å². The summed E-state index contributed by atoms with van der Waals surface area (Å²) in [7, 11) is 6.88. The first-order chi connectivity index (χ1) is 14.3. The molecular weight excluding hydrogens is 448 g/mol. The molecular formula is C21H24ClF2N3O3S. The molecule has 1 heterocycles. The molecule has 6 nitrogen and oxygen atoms in total. The summed E-state index contributed by atoms with van der Waals surface area (Å²) in [6, 6.07) is 6.89. The molecule has 0 fully saturated rings. The number of thiazole rings is 1. The third-order valence-corrected chi connectivity index (χ3v) is 5.49. The Kier molecular flexibility index (Phi) is 8.55. The number of nitrogens with zero attached hydrogens (tertiary/aromatic N) is 3. The van der Waals surface area contributed by atoms with Gasteiger partial charge < -0.3 is 14.4 Å². The molecule has 0 saturated carbocycles. The summed E-state index contributed by atoms with van der Waals surface area (Å²) in [6.07, 6.45) is 0.673. The van der Waals surface area contributed by atoms with Gasteiger partial charge in [0.15, 0.2) is 10.9 Å². The Morgan fingerprint density at radius 3 is 2.26 bits per heavy atom. The van der Waals surface area contributed by atoms with Crippen molar-refractivity contribution in [1.29, 1.82) is 0 Å². The third kappa shape index (κ3) is 5.81. The fraction of sp³-hybridized carbons (Fsp3) is 0.333. The van der Waals surface area contributed by atoms with Crippen molar-refractivity contribution < 1.29 is 23.0 Å². The molecule has 3 rings (SSSR count). The maximum atomic E-state index is 14.2. The fourth-order valence-electron chi connectivity index (χ4n) is 2.98. The van der Waals surface area contributed by atoms with Crippen LogP contribution in [0.4, 0.5) is 13.9 Å². The van der Waals surface area contributed by atoms with Crippen molar-refractivity contribution in [2.75, 3.05) is 46.3 Å². The average Bonchev–Trinajstić information content (AvgIpc) is 3.14. The van der Waals surface area contributed by atoms with Crippen LogP contribution in [0, 0.1) is 11.6 Å². The highest BCUT2D eigenvalue weighted by Crippen LogP contribution is 2.33. The van der Waals surface area contributed by atoms with Gasteiger partial charge in [0.1, 0.15) is 22.8 Å². The summed E-state index contributed by atoms with van der Waals surface area (Å²) < 4.78 is 38.6. The molecule has 0 spiro atoms. The number of halogens is 3. The molecule has 0 aliphatic heterocycles. The summed E-state index contributed by atoms with van der Waals surface area (Å²) in [5.74, 6) is -0.813. The fourth-order valence-corrected chi connectivity index (χ4v) is 4.01. The number of hydrogen-bond donors (Lipinski definition) is 0. The highest BCUT2D eigenvalue weighted by Gasteiger charge is 2.23. The van der Waals surface area contributed by atoms with Crippen LogP contribution in [0.5, 0.6) is 11.5 Å². The lowest BCUT2D eigenvalue weighted by molar-refractivity contribution is 0.0985. The largest absolute Gasteiger partial charge is 0.497 e. The number of rotatable bonds is 8. The van der Waals surface area contributed by atoms with Crippen LogP contribution in [0.1, 0.15) is 16.8 Å². The van der Waals surface area contributed by atoms with Crippen molar-refractivity contribution in [3.63, 3.8) is 0 Å². The monoisotopic (exact) mass is 471 g/mol. The molecule has 3 aromatic rings. The van der Waals surface area contributed by atoms with E-state index in [2.05, 4.69) is 4.98 Å². The minimum absolute atomic E-state index is 0. The number of amides is 1. The normalized spacial score (nSPS) is 10.8. The number of carbonyl (C=O) groups is 1. The zero-order valence-corrected chi connectivity index (χ0v) is 19.3. The molecule has 0 saturated heterocycles. The third-order valence-electron chi connectivity index (χ3n) is 4.46. The van der Waals surface area contributed by atoms with Crippen molar-refractivity contribution >= 4 is 45.0 Å². The van der Waals surface area contributed by atoms with Gasteiger partial charge in [0.2, 0.25) is 0 Å². The number of fused-ring (bicyclic) bond motifs is 1. The average molecular weight is 472 g/mol. The maximum absolute atomic E-state index is 14.2. The van der Waals surface area contributed by atoms with E-state index >= 15 is 0 Å². The second-order valence-corrected chi connectivity index (χ2v) is 7.95. The molecule has 0 aliphatic rings. The summed E-state index contributed by atoms with van der Waals surface area (Å²) in [4.78, 5) is 21.2. The van der Waals surface area contributed by atoms with Gasteiger partial charge in [-0.2, -0.15) is 0 Å². The molecule has 1 aromatic heterocycles. The lowest BCUT2D eigenvalue weighted by Gasteiger charge is -2.21. The van der Waals surface area contributed by atoms with Crippen molar-refractivity contribution in [2.24, 2.45) is 0 Å². The van der Waals surface area contributed by atoms with Crippen molar-refractivity contribution in [3.8, 4) is 11.5 Å². The molecule has 1 amide bonds. The zero-order valence-electron chi connectivity index (χ0n) is 17.6. The van der Waals surface area contributed by atoms with Crippen molar-refractivity contribution in [2.45, 2.75) is 6.42 Å². The highest BCUT2D eigenvalue weighted by molar-refractivity contribution is 7.22. The van der Waals surface area contributed by atoms with Crippen LogP contribution in [-0.4, -0.2) is 57.2 Å². The van der Waals surface area contributed by atoms with Crippen LogP contribution in [0.3, 0.4) is 0 Å². The Labute approximate surface area is 189 Å².